The number of hydrogen-bond acceptors (Lipinski definition) is 2. The maximum Gasteiger partial charge on any atom is 0.386 e. The van der Waals surface area contributed by atoms with Gasteiger partial charge in [0.25, 0.3) is 0 Å². The van der Waals surface area contributed by atoms with Crippen LogP contribution in [0, 0.1) is 0 Å². The van der Waals surface area contributed by atoms with E-state index in [0.717, 1.165) is 13.1 Å². The molecule has 0 unspecified atom stereocenters. The van der Waals surface area contributed by atoms with Gasteiger partial charge in [0.05, 0.1) is 7.11 Å². The van der Waals surface area contributed by atoms with Gasteiger partial charge in [0.2, 0.25) is 0 Å². The lowest BCUT2D eigenvalue weighted by atomic mass is 10.2. The van der Waals surface area contributed by atoms with Crippen LogP contribution in [-0.4, -0.2) is 31.4 Å². The molecule has 0 saturated carbocycles. The standard InChI is InChI=1S/C6H13NO.C2H3F3/c1-8-7-5-3-2-4-6-7;1-2(3,4)5/h2-6H2,1H3;1H3. The summed E-state index contributed by atoms with van der Waals surface area (Å²) in [6.07, 6.45) is -0.0263. The van der Waals surface area contributed by atoms with Crippen molar-refractivity contribution in [3.63, 3.8) is 0 Å². The van der Waals surface area contributed by atoms with E-state index in [9.17, 15) is 13.2 Å². The summed E-state index contributed by atoms with van der Waals surface area (Å²) in [5, 5.41) is 2.02. The molecule has 1 heterocycles. The Labute approximate surface area is 76.6 Å². The van der Waals surface area contributed by atoms with Gasteiger partial charge in [-0.15, -0.1) is 0 Å². The molecule has 0 radical (unpaired) electrons. The zero-order chi connectivity index (χ0) is 10.3. The van der Waals surface area contributed by atoms with E-state index in [2.05, 4.69) is 0 Å². The smallest absolute Gasteiger partial charge is 0.302 e. The second-order valence-electron chi connectivity index (χ2n) is 2.95. The van der Waals surface area contributed by atoms with Crippen molar-refractivity contribution < 1.29 is 18.0 Å². The number of piperidine rings is 1. The molecule has 0 N–H and O–H groups in total. The average Bonchev–Trinajstić information content (AvgIpc) is 2.03. The lowest BCUT2D eigenvalue weighted by molar-refractivity contribution is -0.141. The molecule has 1 aliphatic rings. The summed E-state index contributed by atoms with van der Waals surface area (Å²) in [6, 6.07) is 0. The SMILES string of the molecule is CC(F)(F)F.CON1CCCCC1. The van der Waals surface area contributed by atoms with Gasteiger partial charge in [0.15, 0.2) is 0 Å². The minimum absolute atomic E-state index is 0.188. The Kier molecular flexibility index (Phi) is 6.07. The van der Waals surface area contributed by atoms with E-state index in [1.165, 1.54) is 19.3 Å². The van der Waals surface area contributed by atoms with Crippen LogP contribution >= 0.6 is 0 Å². The largest absolute Gasteiger partial charge is 0.386 e. The predicted molar refractivity (Wildman–Crippen MR) is 44.2 cm³/mol. The fourth-order valence-corrected chi connectivity index (χ4v) is 1.05. The Morgan fingerprint density at radius 1 is 1.08 bits per heavy atom. The molecule has 1 aliphatic heterocycles. The highest BCUT2D eigenvalue weighted by atomic mass is 19.4. The summed E-state index contributed by atoms with van der Waals surface area (Å²) >= 11 is 0. The van der Waals surface area contributed by atoms with E-state index in [-0.39, 0.29) is 6.92 Å². The maximum absolute atomic E-state index is 10.4. The summed E-state index contributed by atoms with van der Waals surface area (Å²) in [5.74, 6) is 0. The molecular formula is C8H16F3NO. The summed E-state index contributed by atoms with van der Waals surface area (Å²) in [5.41, 5.74) is 0. The van der Waals surface area contributed by atoms with Gasteiger partial charge in [-0.25, -0.2) is 0 Å². The molecule has 0 atom stereocenters. The van der Waals surface area contributed by atoms with Crippen molar-refractivity contribution in [2.45, 2.75) is 32.4 Å². The Hall–Kier alpha value is -0.290. The third kappa shape index (κ3) is 11.7. The highest BCUT2D eigenvalue weighted by molar-refractivity contribution is 4.55. The number of alkyl halides is 3. The molecule has 1 saturated heterocycles. The Bertz CT molecular complexity index is 115. The van der Waals surface area contributed by atoms with Crippen LogP contribution < -0.4 is 0 Å². The fourth-order valence-electron chi connectivity index (χ4n) is 1.05. The first-order chi connectivity index (χ1) is 5.93. The minimum Gasteiger partial charge on any atom is -0.302 e. The summed E-state index contributed by atoms with van der Waals surface area (Å²) in [4.78, 5) is 5.02. The molecule has 0 aliphatic carbocycles. The molecule has 80 valence electrons. The van der Waals surface area contributed by atoms with Crippen molar-refractivity contribution in [2.75, 3.05) is 20.2 Å². The molecule has 2 nitrogen and oxygen atoms in total. The van der Waals surface area contributed by atoms with E-state index >= 15 is 0 Å². The quantitative estimate of drug-likeness (QED) is 0.643. The normalized spacial score (nSPS) is 19.2. The highest BCUT2D eigenvalue weighted by Crippen LogP contribution is 2.10. The molecule has 0 amide bonds. The van der Waals surface area contributed by atoms with Crippen LogP contribution in [0.3, 0.4) is 0 Å². The topological polar surface area (TPSA) is 12.5 Å². The molecule has 0 spiro atoms. The fraction of sp³-hybridized carbons (Fsp3) is 1.00. The highest BCUT2D eigenvalue weighted by Gasteiger charge is 2.15. The van der Waals surface area contributed by atoms with Gasteiger partial charge in [-0.05, 0) is 12.8 Å². The van der Waals surface area contributed by atoms with Crippen LogP contribution in [0.4, 0.5) is 13.2 Å². The molecule has 0 aromatic rings. The summed E-state index contributed by atoms with van der Waals surface area (Å²) in [6.45, 7) is 2.43. The lowest BCUT2D eigenvalue weighted by Crippen LogP contribution is -2.28. The molecule has 0 aromatic heterocycles. The van der Waals surface area contributed by atoms with Gasteiger partial charge < -0.3 is 4.84 Å². The van der Waals surface area contributed by atoms with Crippen LogP contribution in [-0.2, 0) is 4.84 Å². The minimum atomic E-state index is -4.00. The van der Waals surface area contributed by atoms with E-state index in [1.807, 2.05) is 5.06 Å². The monoisotopic (exact) mass is 199 g/mol. The van der Waals surface area contributed by atoms with Gasteiger partial charge in [-0.1, -0.05) is 6.42 Å². The van der Waals surface area contributed by atoms with E-state index in [4.69, 9.17) is 4.84 Å². The number of nitrogens with zero attached hydrogens (tertiary/aromatic N) is 1. The first-order valence-corrected chi connectivity index (χ1v) is 4.29. The molecule has 5 heteroatoms. The Morgan fingerprint density at radius 3 is 1.69 bits per heavy atom. The van der Waals surface area contributed by atoms with Gasteiger partial charge in [-0.2, -0.15) is 18.2 Å². The third-order valence-corrected chi connectivity index (χ3v) is 1.57. The average molecular weight is 199 g/mol. The molecule has 0 aromatic carbocycles. The molecule has 1 fully saturated rings. The van der Waals surface area contributed by atoms with Crippen molar-refractivity contribution in [2.24, 2.45) is 0 Å². The third-order valence-electron chi connectivity index (χ3n) is 1.57. The predicted octanol–water partition coefficient (Wildman–Crippen LogP) is 2.60. The molecular weight excluding hydrogens is 183 g/mol. The zero-order valence-corrected chi connectivity index (χ0v) is 8.02. The van der Waals surface area contributed by atoms with Crippen molar-refractivity contribution in [1.29, 1.82) is 0 Å². The van der Waals surface area contributed by atoms with Crippen LogP contribution in [0.5, 0.6) is 0 Å². The van der Waals surface area contributed by atoms with Crippen LogP contribution in [0.25, 0.3) is 0 Å². The van der Waals surface area contributed by atoms with Crippen LogP contribution in [0.2, 0.25) is 0 Å². The van der Waals surface area contributed by atoms with Crippen molar-refractivity contribution in [3.05, 3.63) is 0 Å². The van der Waals surface area contributed by atoms with Gasteiger partial charge in [0, 0.05) is 20.0 Å². The lowest BCUT2D eigenvalue weighted by Gasteiger charge is -2.23. The van der Waals surface area contributed by atoms with Crippen molar-refractivity contribution in [3.8, 4) is 0 Å². The molecule has 13 heavy (non-hydrogen) atoms. The van der Waals surface area contributed by atoms with Crippen LogP contribution in [0.15, 0.2) is 0 Å². The summed E-state index contributed by atoms with van der Waals surface area (Å²) < 4.78 is 31.1. The second-order valence-corrected chi connectivity index (χ2v) is 2.95. The number of hydrogen-bond donors (Lipinski definition) is 0. The molecule has 1 rings (SSSR count). The van der Waals surface area contributed by atoms with Crippen molar-refractivity contribution in [1.82, 2.24) is 5.06 Å². The molecule has 0 bridgehead atoms. The Balaban J connectivity index is 0.000000252. The number of halogens is 3. The Morgan fingerprint density at radius 2 is 1.46 bits per heavy atom. The summed E-state index contributed by atoms with van der Waals surface area (Å²) in [7, 11) is 1.74. The first kappa shape index (κ1) is 12.7. The second kappa shape index (κ2) is 6.21. The maximum atomic E-state index is 10.4. The van der Waals surface area contributed by atoms with E-state index in [0.29, 0.717) is 0 Å². The number of hydroxylamine groups is 2. The van der Waals surface area contributed by atoms with Gasteiger partial charge >= 0.3 is 6.18 Å². The van der Waals surface area contributed by atoms with Gasteiger partial charge in [0.1, 0.15) is 0 Å². The van der Waals surface area contributed by atoms with Crippen LogP contribution in [0.1, 0.15) is 26.2 Å². The van der Waals surface area contributed by atoms with Gasteiger partial charge in [-0.3, -0.25) is 0 Å². The zero-order valence-electron chi connectivity index (χ0n) is 8.02. The van der Waals surface area contributed by atoms with E-state index < -0.39 is 6.18 Å². The number of rotatable bonds is 1. The first-order valence-electron chi connectivity index (χ1n) is 4.29. The van der Waals surface area contributed by atoms with Crippen molar-refractivity contribution >= 4 is 0 Å². The van der Waals surface area contributed by atoms with E-state index in [1.54, 1.807) is 7.11 Å².